The van der Waals surface area contributed by atoms with E-state index in [2.05, 4.69) is 29.3 Å². The zero-order chi connectivity index (χ0) is 22.5. The van der Waals surface area contributed by atoms with Crippen LogP contribution in [0.5, 0.6) is 0 Å². The summed E-state index contributed by atoms with van der Waals surface area (Å²) in [5.74, 6) is 0.505. The normalized spacial score (nSPS) is 35.8. The number of allylic oxidation sites excluding steroid dienone is 1. The van der Waals surface area contributed by atoms with Gasteiger partial charge in [-0.05, 0) is 74.5 Å². The summed E-state index contributed by atoms with van der Waals surface area (Å²) >= 11 is 0. The topological polar surface area (TPSA) is 70.7 Å². The molecule has 0 aromatic heterocycles. The van der Waals surface area contributed by atoms with Gasteiger partial charge in [-0.1, -0.05) is 31.6 Å². The van der Waals surface area contributed by atoms with E-state index in [1.54, 1.807) is 4.90 Å². The molecule has 4 fully saturated rings. The summed E-state index contributed by atoms with van der Waals surface area (Å²) in [4.78, 5) is 27.2. The lowest BCUT2D eigenvalue weighted by Crippen LogP contribution is -2.49. The highest BCUT2D eigenvalue weighted by molar-refractivity contribution is 6.01. The Bertz CT molecular complexity index is 975. The molecule has 0 spiro atoms. The summed E-state index contributed by atoms with van der Waals surface area (Å²) in [7, 11) is 0. The SMILES string of the molecule is C=C1CCC(N2Cc3cc(C[C@H]4CCCC[C@@H]4NC4CC5CCC4O5)ccc3C2=O)C(=O)N1. The van der Waals surface area contributed by atoms with Crippen molar-refractivity contribution in [1.29, 1.82) is 0 Å². The molecule has 4 heterocycles. The monoisotopic (exact) mass is 449 g/mol. The Labute approximate surface area is 196 Å². The summed E-state index contributed by atoms with van der Waals surface area (Å²) in [6.45, 7) is 4.38. The molecule has 33 heavy (non-hydrogen) atoms. The van der Waals surface area contributed by atoms with Crippen molar-refractivity contribution in [3.05, 3.63) is 47.2 Å². The summed E-state index contributed by atoms with van der Waals surface area (Å²) in [6, 6.07) is 7.03. The molecule has 2 N–H and O–H groups in total. The van der Waals surface area contributed by atoms with Crippen LogP contribution in [-0.4, -0.2) is 47.0 Å². The van der Waals surface area contributed by atoms with Crippen molar-refractivity contribution in [2.45, 2.75) is 101 Å². The van der Waals surface area contributed by atoms with E-state index in [0.717, 1.165) is 29.7 Å². The number of rotatable bonds is 5. The highest BCUT2D eigenvalue weighted by atomic mass is 16.5. The van der Waals surface area contributed by atoms with E-state index < -0.39 is 6.04 Å². The minimum Gasteiger partial charge on any atom is -0.373 e. The fourth-order valence-electron chi connectivity index (χ4n) is 6.90. The maximum absolute atomic E-state index is 13.0. The number of carbonyl (C=O) groups excluding carboxylic acids is 2. The molecule has 3 saturated heterocycles. The number of hydrogen-bond acceptors (Lipinski definition) is 4. The third kappa shape index (κ3) is 4.01. The fourth-order valence-corrected chi connectivity index (χ4v) is 6.90. The van der Waals surface area contributed by atoms with Gasteiger partial charge in [0.2, 0.25) is 5.91 Å². The average molecular weight is 450 g/mol. The Hall–Kier alpha value is -2.18. The molecule has 176 valence electrons. The zero-order valence-electron chi connectivity index (χ0n) is 19.4. The van der Waals surface area contributed by atoms with Gasteiger partial charge in [0.25, 0.3) is 5.91 Å². The van der Waals surface area contributed by atoms with Gasteiger partial charge in [-0.15, -0.1) is 0 Å². The van der Waals surface area contributed by atoms with Crippen LogP contribution < -0.4 is 10.6 Å². The van der Waals surface area contributed by atoms with Gasteiger partial charge in [-0.2, -0.15) is 0 Å². The molecule has 5 aliphatic rings. The van der Waals surface area contributed by atoms with Crippen molar-refractivity contribution in [3.8, 4) is 0 Å². The molecule has 1 aromatic carbocycles. The number of carbonyl (C=O) groups is 2. The Kier molecular flexibility index (Phi) is 5.53. The zero-order valence-corrected chi connectivity index (χ0v) is 19.4. The highest BCUT2D eigenvalue weighted by Gasteiger charge is 2.42. The van der Waals surface area contributed by atoms with E-state index in [9.17, 15) is 9.59 Å². The summed E-state index contributed by atoms with van der Waals surface area (Å²) in [5.41, 5.74) is 3.88. The van der Waals surface area contributed by atoms with Gasteiger partial charge in [0.1, 0.15) is 6.04 Å². The van der Waals surface area contributed by atoms with Crippen LogP contribution in [0.2, 0.25) is 0 Å². The second-order valence-electron chi connectivity index (χ2n) is 10.8. The first kappa shape index (κ1) is 21.4. The van der Waals surface area contributed by atoms with Crippen LogP contribution in [0.3, 0.4) is 0 Å². The van der Waals surface area contributed by atoms with Gasteiger partial charge < -0.3 is 20.3 Å². The van der Waals surface area contributed by atoms with Gasteiger partial charge in [0.05, 0.1) is 12.2 Å². The van der Waals surface area contributed by atoms with Crippen molar-refractivity contribution >= 4 is 11.8 Å². The fraction of sp³-hybridized carbons (Fsp3) is 0.630. The first-order valence-corrected chi connectivity index (χ1v) is 12.9. The molecule has 6 atom stereocenters. The minimum absolute atomic E-state index is 0.0160. The van der Waals surface area contributed by atoms with Crippen molar-refractivity contribution in [3.63, 3.8) is 0 Å². The predicted molar refractivity (Wildman–Crippen MR) is 126 cm³/mol. The molecular formula is C27H35N3O3. The highest BCUT2D eigenvalue weighted by Crippen LogP contribution is 2.37. The smallest absolute Gasteiger partial charge is 0.255 e. The molecule has 0 radical (unpaired) electrons. The number of piperidine rings is 1. The largest absolute Gasteiger partial charge is 0.373 e. The molecule has 1 aliphatic carbocycles. The number of nitrogens with zero attached hydrogens (tertiary/aromatic N) is 1. The van der Waals surface area contributed by atoms with E-state index in [4.69, 9.17) is 4.74 Å². The molecule has 6 nitrogen and oxygen atoms in total. The third-order valence-electron chi connectivity index (χ3n) is 8.64. The Morgan fingerprint density at radius 2 is 1.97 bits per heavy atom. The lowest BCUT2D eigenvalue weighted by molar-refractivity contribution is -0.126. The number of ether oxygens (including phenoxy) is 1. The minimum atomic E-state index is -0.394. The molecule has 2 bridgehead atoms. The number of hydrogen-bond donors (Lipinski definition) is 2. The number of fused-ring (bicyclic) bond motifs is 3. The quantitative estimate of drug-likeness (QED) is 0.723. The van der Waals surface area contributed by atoms with E-state index in [1.165, 1.54) is 50.5 Å². The first-order valence-electron chi connectivity index (χ1n) is 12.9. The van der Waals surface area contributed by atoms with Crippen LogP contribution >= 0.6 is 0 Å². The summed E-state index contributed by atoms with van der Waals surface area (Å²) < 4.78 is 6.08. The molecule has 1 aromatic rings. The second-order valence-corrected chi connectivity index (χ2v) is 10.8. The molecule has 6 heteroatoms. The van der Waals surface area contributed by atoms with Gasteiger partial charge in [-0.25, -0.2) is 0 Å². The van der Waals surface area contributed by atoms with Gasteiger partial charge in [-0.3, -0.25) is 9.59 Å². The predicted octanol–water partition coefficient (Wildman–Crippen LogP) is 3.45. The summed E-state index contributed by atoms with van der Waals surface area (Å²) in [6.07, 6.45) is 12.1. The maximum atomic E-state index is 13.0. The molecular weight excluding hydrogens is 414 g/mol. The lowest BCUT2D eigenvalue weighted by Gasteiger charge is -2.36. The van der Waals surface area contributed by atoms with E-state index in [1.807, 2.05) is 6.07 Å². The van der Waals surface area contributed by atoms with Crippen LogP contribution in [0.15, 0.2) is 30.5 Å². The van der Waals surface area contributed by atoms with Crippen LogP contribution in [0, 0.1) is 5.92 Å². The van der Waals surface area contributed by atoms with E-state index in [-0.39, 0.29) is 11.8 Å². The van der Waals surface area contributed by atoms with E-state index in [0.29, 0.717) is 43.2 Å². The first-order chi connectivity index (χ1) is 16.0. The maximum Gasteiger partial charge on any atom is 0.255 e. The van der Waals surface area contributed by atoms with Gasteiger partial charge in [0.15, 0.2) is 0 Å². The number of amides is 2. The van der Waals surface area contributed by atoms with Crippen molar-refractivity contribution in [2.24, 2.45) is 5.92 Å². The number of benzene rings is 1. The molecule has 4 aliphatic heterocycles. The van der Waals surface area contributed by atoms with Gasteiger partial charge >= 0.3 is 0 Å². The Morgan fingerprint density at radius 1 is 1.09 bits per heavy atom. The number of nitrogens with one attached hydrogen (secondary N) is 2. The Morgan fingerprint density at radius 3 is 2.76 bits per heavy atom. The standard InChI is InChI=1S/C27H35N3O3/c1-16-6-10-24(26(31)28-16)30-15-19-13-17(7-9-21(19)27(30)32)12-18-4-2-3-5-22(18)29-23-14-20-8-11-25(23)33-20/h7,9,13,18,20,22-25,29H,1-6,8,10-12,14-15H2,(H,28,31)/t18-,20?,22+,23?,24?,25?/m1/s1. The molecule has 2 amide bonds. The van der Waals surface area contributed by atoms with Crippen molar-refractivity contribution in [2.75, 3.05) is 0 Å². The van der Waals surface area contributed by atoms with Crippen LogP contribution in [-0.2, 0) is 22.5 Å². The van der Waals surface area contributed by atoms with Crippen molar-refractivity contribution in [1.82, 2.24) is 15.5 Å². The molecule has 4 unspecified atom stereocenters. The molecule has 1 saturated carbocycles. The van der Waals surface area contributed by atoms with Crippen molar-refractivity contribution < 1.29 is 14.3 Å². The van der Waals surface area contributed by atoms with Crippen LogP contribution in [0.25, 0.3) is 0 Å². The third-order valence-corrected chi connectivity index (χ3v) is 8.64. The van der Waals surface area contributed by atoms with Crippen LogP contribution in [0.4, 0.5) is 0 Å². The average Bonchev–Trinajstić information content (AvgIpc) is 3.50. The second kappa shape index (κ2) is 8.55. The summed E-state index contributed by atoms with van der Waals surface area (Å²) in [5, 5.41) is 6.82. The lowest BCUT2D eigenvalue weighted by atomic mass is 9.79. The van der Waals surface area contributed by atoms with Crippen LogP contribution in [0.1, 0.15) is 79.3 Å². The molecule has 6 rings (SSSR count). The van der Waals surface area contributed by atoms with E-state index >= 15 is 0 Å². The Balaban J connectivity index is 1.13. The van der Waals surface area contributed by atoms with Gasteiger partial charge in [0, 0.05) is 29.9 Å².